The quantitative estimate of drug-likeness (QED) is 0.458. The predicted octanol–water partition coefficient (Wildman–Crippen LogP) is 2.89. The van der Waals surface area contributed by atoms with Gasteiger partial charge in [0.05, 0.1) is 11.7 Å². The van der Waals surface area contributed by atoms with E-state index in [0.717, 1.165) is 0 Å². The number of para-hydroxylation sites is 1. The summed E-state index contributed by atoms with van der Waals surface area (Å²) in [7, 11) is 0. The summed E-state index contributed by atoms with van der Waals surface area (Å²) in [6.45, 7) is 2.35. The molecule has 35 heavy (non-hydrogen) atoms. The Kier molecular flexibility index (Phi) is 5.66. The summed E-state index contributed by atoms with van der Waals surface area (Å²) < 4.78 is 23.4. The Morgan fingerprint density at radius 3 is 2.74 bits per heavy atom. The molecule has 2 N–H and O–H groups in total. The Labute approximate surface area is 199 Å². The molecule has 0 saturated carbocycles. The Bertz CT molecular complexity index is 1550. The predicted molar refractivity (Wildman–Crippen MR) is 128 cm³/mol. The Morgan fingerprint density at radius 1 is 1.20 bits per heavy atom. The van der Waals surface area contributed by atoms with Crippen LogP contribution in [0.3, 0.4) is 0 Å². The molecule has 1 amide bonds. The van der Waals surface area contributed by atoms with Gasteiger partial charge >= 0.3 is 5.69 Å². The number of benzene rings is 2. The molecule has 0 radical (unpaired) electrons. The van der Waals surface area contributed by atoms with Gasteiger partial charge in [-0.25, -0.2) is 19.2 Å². The first kappa shape index (κ1) is 22.2. The molecule has 2 aromatic heterocycles. The summed E-state index contributed by atoms with van der Waals surface area (Å²) in [5, 5.41) is 0. The lowest BCUT2D eigenvalue weighted by atomic mass is 10.2. The number of nitrogens with zero attached hydrogens (tertiary/aromatic N) is 5. The molecule has 1 fully saturated rings. The van der Waals surface area contributed by atoms with Gasteiger partial charge in [-0.05, 0) is 43.5 Å². The monoisotopic (exact) mass is 472 g/mol. The van der Waals surface area contributed by atoms with Gasteiger partial charge in [-0.1, -0.05) is 24.1 Å². The van der Waals surface area contributed by atoms with Crippen LogP contribution in [0.4, 0.5) is 10.2 Å². The van der Waals surface area contributed by atoms with Gasteiger partial charge in [-0.15, -0.1) is 0 Å². The molecule has 9 nitrogen and oxygen atoms in total. The zero-order valence-electron chi connectivity index (χ0n) is 18.8. The van der Waals surface area contributed by atoms with E-state index in [0.29, 0.717) is 30.9 Å². The van der Waals surface area contributed by atoms with E-state index in [4.69, 9.17) is 10.5 Å². The van der Waals surface area contributed by atoms with Crippen LogP contribution in [0.5, 0.6) is 11.5 Å². The van der Waals surface area contributed by atoms with Crippen LogP contribution in [0.1, 0.15) is 19.4 Å². The van der Waals surface area contributed by atoms with Gasteiger partial charge in [-0.3, -0.25) is 13.9 Å². The molecule has 1 aliphatic rings. The number of carbonyl (C=O) groups is 1. The molecule has 2 aromatic carbocycles. The highest BCUT2D eigenvalue weighted by atomic mass is 19.1. The topological polar surface area (TPSA) is 108 Å². The van der Waals surface area contributed by atoms with Gasteiger partial charge in [-0.2, -0.15) is 0 Å². The zero-order valence-corrected chi connectivity index (χ0v) is 18.8. The van der Waals surface area contributed by atoms with E-state index < -0.39 is 11.5 Å². The molecule has 1 atom stereocenters. The number of aromatic nitrogens is 4. The Morgan fingerprint density at radius 2 is 2.00 bits per heavy atom. The van der Waals surface area contributed by atoms with Crippen LogP contribution in [0, 0.1) is 17.7 Å². The molecule has 1 saturated heterocycles. The third-order valence-corrected chi connectivity index (χ3v) is 5.87. The fraction of sp³-hybridized carbons (Fsp3) is 0.200. The zero-order chi connectivity index (χ0) is 24.5. The number of nitrogens with two attached hydrogens (primary N) is 1. The highest BCUT2D eigenvalue weighted by Crippen LogP contribution is 2.30. The molecule has 5 rings (SSSR count). The number of likely N-dealkylation sites (tertiary alicyclic amines) is 1. The van der Waals surface area contributed by atoms with Crippen molar-refractivity contribution >= 4 is 22.9 Å². The molecule has 0 unspecified atom stereocenters. The standard InChI is InChI=1S/C25H21FN6O3/c1-2-6-21(33)30-12-11-17(14-30)32-24-22(23(27)28-15-29-24)31(25(32)34)16-9-10-20(19(26)13-16)35-18-7-4-3-5-8-18/h3-5,7-10,13,15,17H,11-12,14H2,1H3,(H2,27,28,29)/t17-/m1/s1. The third kappa shape index (κ3) is 3.97. The lowest BCUT2D eigenvalue weighted by Crippen LogP contribution is -2.31. The minimum absolute atomic E-state index is 0.0166. The van der Waals surface area contributed by atoms with Crippen molar-refractivity contribution in [3.05, 3.63) is 71.2 Å². The minimum Gasteiger partial charge on any atom is -0.454 e. The molecule has 10 heteroatoms. The number of imidazole rings is 1. The van der Waals surface area contributed by atoms with Gasteiger partial charge in [0, 0.05) is 19.2 Å². The molecule has 0 spiro atoms. The maximum absolute atomic E-state index is 15.0. The van der Waals surface area contributed by atoms with Crippen molar-refractivity contribution in [2.45, 2.75) is 19.4 Å². The van der Waals surface area contributed by atoms with E-state index >= 15 is 4.39 Å². The first-order valence-corrected chi connectivity index (χ1v) is 11.0. The van der Waals surface area contributed by atoms with Gasteiger partial charge in [0.25, 0.3) is 5.91 Å². The summed E-state index contributed by atoms with van der Waals surface area (Å²) in [5.41, 5.74) is 6.51. The minimum atomic E-state index is -0.648. The van der Waals surface area contributed by atoms with Gasteiger partial charge in [0.2, 0.25) is 0 Å². The number of anilines is 1. The van der Waals surface area contributed by atoms with Crippen molar-refractivity contribution in [1.82, 2.24) is 24.0 Å². The number of amides is 1. The summed E-state index contributed by atoms with van der Waals surface area (Å²) in [4.78, 5) is 35.8. The van der Waals surface area contributed by atoms with Crippen LogP contribution >= 0.6 is 0 Å². The molecular formula is C25H21FN6O3. The first-order valence-electron chi connectivity index (χ1n) is 11.0. The summed E-state index contributed by atoms with van der Waals surface area (Å²) >= 11 is 0. The largest absolute Gasteiger partial charge is 0.454 e. The van der Waals surface area contributed by atoms with Crippen LogP contribution in [-0.4, -0.2) is 43.0 Å². The van der Waals surface area contributed by atoms with Crippen molar-refractivity contribution in [2.75, 3.05) is 18.8 Å². The first-order chi connectivity index (χ1) is 17.0. The van der Waals surface area contributed by atoms with Gasteiger partial charge in [0.15, 0.2) is 23.0 Å². The highest BCUT2D eigenvalue weighted by Gasteiger charge is 2.31. The van der Waals surface area contributed by atoms with E-state index in [1.165, 1.54) is 27.6 Å². The smallest absolute Gasteiger partial charge is 0.335 e. The van der Waals surface area contributed by atoms with E-state index in [1.54, 1.807) is 42.2 Å². The van der Waals surface area contributed by atoms with E-state index in [9.17, 15) is 9.59 Å². The molecule has 0 bridgehead atoms. The van der Waals surface area contributed by atoms with Crippen LogP contribution in [-0.2, 0) is 4.79 Å². The lowest BCUT2D eigenvalue weighted by molar-refractivity contribution is -0.124. The maximum atomic E-state index is 15.0. The van der Waals surface area contributed by atoms with Crippen LogP contribution < -0.4 is 16.2 Å². The van der Waals surface area contributed by atoms with Crippen LogP contribution in [0.25, 0.3) is 16.9 Å². The Balaban J connectivity index is 1.57. The summed E-state index contributed by atoms with van der Waals surface area (Å²) in [6.07, 6.45) is 1.81. The lowest BCUT2D eigenvalue weighted by Gasteiger charge is -2.14. The fourth-order valence-electron chi connectivity index (χ4n) is 4.29. The van der Waals surface area contributed by atoms with Crippen molar-refractivity contribution in [1.29, 1.82) is 0 Å². The van der Waals surface area contributed by atoms with Gasteiger partial charge < -0.3 is 15.4 Å². The Hall–Kier alpha value is -4.65. The summed E-state index contributed by atoms with van der Waals surface area (Å²) in [5.74, 6) is 4.77. The highest BCUT2D eigenvalue weighted by molar-refractivity contribution is 5.93. The normalized spacial score (nSPS) is 15.1. The number of hydrogen-bond donors (Lipinski definition) is 1. The van der Waals surface area contributed by atoms with Crippen LogP contribution in [0.15, 0.2) is 59.7 Å². The number of rotatable bonds is 4. The molecule has 0 aliphatic carbocycles. The summed E-state index contributed by atoms with van der Waals surface area (Å²) in [6, 6.07) is 12.7. The third-order valence-electron chi connectivity index (χ3n) is 5.87. The second-order valence-corrected chi connectivity index (χ2v) is 8.02. The average Bonchev–Trinajstić information content (AvgIpc) is 3.44. The SMILES string of the molecule is CC#CC(=O)N1CC[C@@H](n2c(=O)n(-c3ccc(Oc4ccccc4)c(F)c3)c3c(N)ncnc32)C1. The van der Waals surface area contributed by atoms with Crippen molar-refractivity contribution in [3.8, 4) is 29.0 Å². The van der Waals surface area contributed by atoms with Crippen molar-refractivity contribution in [2.24, 2.45) is 0 Å². The number of carbonyl (C=O) groups excluding carboxylic acids is 1. The van der Waals surface area contributed by atoms with E-state index in [1.807, 2.05) is 6.07 Å². The maximum Gasteiger partial charge on any atom is 0.335 e. The molecule has 3 heterocycles. The number of hydrogen-bond acceptors (Lipinski definition) is 6. The number of halogens is 1. The van der Waals surface area contributed by atoms with Crippen LogP contribution in [0.2, 0.25) is 0 Å². The number of fused-ring (bicyclic) bond motifs is 1. The fourth-order valence-corrected chi connectivity index (χ4v) is 4.29. The second-order valence-electron chi connectivity index (χ2n) is 8.02. The number of ether oxygens (including phenoxy) is 1. The van der Waals surface area contributed by atoms with Gasteiger partial charge in [0.1, 0.15) is 17.6 Å². The van der Waals surface area contributed by atoms with E-state index in [-0.39, 0.29) is 34.7 Å². The molecule has 4 aromatic rings. The van der Waals surface area contributed by atoms with Crippen molar-refractivity contribution in [3.63, 3.8) is 0 Å². The molecule has 176 valence electrons. The van der Waals surface area contributed by atoms with E-state index in [2.05, 4.69) is 21.8 Å². The molecule has 1 aliphatic heterocycles. The molecular weight excluding hydrogens is 451 g/mol. The average molecular weight is 472 g/mol. The second kappa shape index (κ2) is 8.95. The van der Waals surface area contributed by atoms with Crippen molar-refractivity contribution < 1.29 is 13.9 Å². The number of nitrogen functional groups attached to an aromatic ring is 1.